The number of aromatic nitrogens is 1. The van der Waals surface area contributed by atoms with Crippen LogP contribution in [0.15, 0.2) is 42.6 Å². The second-order valence-electron chi connectivity index (χ2n) is 4.68. The maximum absolute atomic E-state index is 13.2. The van der Waals surface area contributed by atoms with Crippen LogP contribution in [0.5, 0.6) is 0 Å². The van der Waals surface area contributed by atoms with E-state index in [1.807, 2.05) is 13.8 Å². The Labute approximate surface area is 123 Å². The minimum atomic E-state index is -0.316. The fourth-order valence-corrected chi connectivity index (χ4v) is 2.03. The maximum Gasteiger partial charge on any atom is 0.255 e. The number of nitrogens with zero attached hydrogens (tertiary/aromatic N) is 1. The molecule has 0 saturated carbocycles. The smallest absolute Gasteiger partial charge is 0.255 e. The van der Waals surface area contributed by atoms with Crippen LogP contribution in [-0.4, -0.2) is 17.4 Å². The van der Waals surface area contributed by atoms with Crippen molar-refractivity contribution in [2.75, 3.05) is 11.9 Å². The van der Waals surface area contributed by atoms with E-state index in [9.17, 15) is 9.18 Å². The number of carbonyl (C=O) groups is 1. The molecule has 5 heteroatoms. The quantitative estimate of drug-likeness (QED) is 0.888. The van der Waals surface area contributed by atoms with Gasteiger partial charge in [-0.15, -0.1) is 0 Å². The highest BCUT2D eigenvalue weighted by atomic mass is 19.1. The number of amides is 1. The van der Waals surface area contributed by atoms with Gasteiger partial charge in [0.05, 0.1) is 11.6 Å². The Kier molecular flexibility index (Phi) is 4.87. The molecule has 1 amide bonds. The summed E-state index contributed by atoms with van der Waals surface area (Å²) in [6, 6.07) is 9.33. The first-order chi connectivity index (χ1) is 10.1. The molecule has 21 heavy (non-hydrogen) atoms. The molecule has 1 aromatic heterocycles. The number of nitrogens with one attached hydrogen (secondary N) is 2. The van der Waals surface area contributed by atoms with Crippen molar-refractivity contribution in [3.63, 3.8) is 0 Å². The van der Waals surface area contributed by atoms with Gasteiger partial charge in [0.25, 0.3) is 5.91 Å². The lowest BCUT2D eigenvalue weighted by molar-refractivity contribution is 0.0940. The lowest BCUT2D eigenvalue weighted by Gasteiger charge is -2.16. The van der Waals surface area contributed by atoms with Gasteiger partial charge in [-0.3, -0.25) is 4.79 Å². The third kappa shape index (κ3) is 3.78. The number of rotatable bonds is 5. The summed E-state index contributed by atoms with van der Waals surface area (Å²) in [5.74, 6) is -0.0110. The standard InChI is InChI=1S/C16H18FN3O/c1-3-18-15-14(8-5-9-19-15)16(21)20-11(2)12-6-4-7-13(17)10-12/h4-11H,3H2,1-2H3,(H,18,19)(H,20,21). The monoisotopic (exact) mass is 287 g/mol. The summed E-state index contributed by atoms with van der Waals surface area (Å²) in [4.78, 5) is 16.5. The van der Waals surface area contributed by atoms with E-state index >= 15 is 0 Å². The Morgan fingerprint density at radius 1 is 1.33 bits per heavy atom. The zero-order valence-electron chi connectivity index (χ0n) is 12.1. The fraction of sp³-hybridized carbons (Fsp3) is 0.250. The number of hydrogen-bond donors (Lipinski definition) is 2. The van der Waals surface area contributed by atoms with Crippen molar-refractivity contribution >= 4 is 11.7 Å². The van der Waals surface area contributed by atoms with Crippen molar-refractivity contribution in [3.8, 4) is 0 Å². The summed E-state index contributed by atoms with van der Waals surface area (Å²) >= 11 is 0. The summed E-state index contributed by atoms with van der Waals surface area (Å²) in [5, 5.41) is 5.90. The lowest BCUT2D eigenvalue weighted by atomic mass is 10.1. The molecule has 0 aliphatic rings. The van der Waals surface area contributed by atoms with E-state index in [0.29, 0.717) is 17.9 Å². The summed E-state index contributed by atoms with van der Waals surface area (Å²) in [7, 11) is 0. The van der Waals surface area contributed by atoms with Gasteiger partial charge in [0.1, 0.15) is 11.6 Å². The van der Waals surface area contributed by atoms with Crippen LogP contribution < -0.4 is 10.6 Å². The number of carbonyl (C=O) groups excluding carboxylic acids is 1. The van der Waals surface area contributed by atoms with Crippen LogP contribution in [0.3, 0.4) is 0 Å². The normalized spacial score (nSPS) is 11.8. The van der Waals surface area contributed by atoms with Crippen molar-refractivity contribution < 1.29 is 9.18 Å². The molecule has 0 aliphatic carbocycles. The molecule has 2 rings (SSSR count). The first kappa shape index (κ1) is 15.0. The van der Waals surface area contributed by atoms with Gasteiger partial charge in [0.15, 0.2) is 0 Å². The zero-order valence-corrected chi connectivity index (χ0v) is 12.1. The van der Waals surface area contributed by atoms with E-state index in [1.165, 1.54) is 12.1 Å². The summed E-state index contributed by atoms with van der Waals surface area (Å²) in [6.07, 6.45) is 1.63. The number of pyridine rings is 1. The predicted molar refractivity (Wildman–Crippen MR) is 80.7 cm³/mol. The largest absolute Gasteiger partial charge is 0.370 e. The third-order valence-electron chi connectivity index (χ3n) is 3.09. The lowest BCUT2D eigenvalue weighted by Crippen LogP contribution is -2.27. The molecule has 0 saturated heterocycles. The molecular weight excluding hydrogens is 269 g/mol. The van der Waals surface area contributed by atoms with E-state index < -0.39 is 0 Å². The van der Waals surface area contributed by atoms with Gasteiger partial charge < -0.3 is 10.6 Å². The number of anilines is 1. The average molecular weight is 287 g/mol. The zero-order chi connectivity index (χ0) is 15.2. The third-order valence-corrected chi connectivity index (χ3v) is 3.09. The minimum absolute atomic E-state index is 0.240. The molecule has 2 aromatic rings. The Morgan fingerprint density at radius 2 is 2.14 bits per heavy atom. The SMILES string of the molecule is CCNc1ncccc1C(=O)NC(C)c1cccc(F)c1. The van der Waals surface area contributed by atoms with Crippen molar-refractivity contribution in [2.24, 2.45) is 0 Å². The van der Waals surface area contributed by atoms with Crippen LogP contribution in [0, 0.1) is 5.82 Å². The molecule has 1 aromatic carbocycles. The van der Waals surface area contributed by atoms with Crippen LogP contribution >= 0.6 is 0 Å². The van der Waals surface area contributed by atoms with Crippen LogP contribution in [0.4, 0.5) is 10.2 Å². The fourth-order valence-electron chi connectivity index (χ4n) is 2.03. The van der Waals surface area contributed by atoms with E-state index in [1.54, 1.807) is 30.5 Å². The Morgan fingerprint density at radius 3 is 2.86 bits per heavy atom. The molecule has 110 valence electrons. The Hall–Kier alpha value is -2.43. The van der Waals surface area contributed by atoms with Gasteiger partial charge >= 0.3 is 0 Å². The van der Waals surface area contributed by atoms with E-state index in [2.05, 4.69) is 15.6 Å². The topological polar surface area (TPSA) is 54.0 Å². The van der Waals surface area contributed by atoms with Gasteiger partial charge in [-0.1, -0.05) is 12.1 Å². The van der Waals surface area contributed by atoms with Gasteiger partial charge in [-0.25, -0.2) is 9.37 Å². The number of benzene rings is 1. The first-order valence-electron chi connectivity index (χ1n) is 6.87. The van der Waals surface area contributed by atoms with Crippen molar-refractivity contribution in [1.29, 1.82) is 0 Å². The molecule has 0 radical (unpaired) electrons. The van der Waals surface area contributed by atoms with Gasteiger partial charge in [-0.05, 0) is 43.7 Å². The maximum atomic E-state index is 13.2. The highest BCUT2D eigenvalue weighted by molar-refractivity contribution is 5.98. The highest BCUT2D eigenvalue weighted by Crippen LogP contribution is 2.16. The number of halogens is 1. The molecule has 4 nitrogen and oxygen atoms in total. The molecule has 1 unspecified atom stereocenters. The molecule has 0 bridgehead atoms. The highest BCUT2D eigenvalue weighted by Gasteiger charge is 2.15. The van der Waals surface area contributed by atoms with Gasteiger partial charge in [0, 0.05) is 12.7 Å². The van der Waals surface area contributed by atoms with E-state index in [4.69, 9.17) is 0 Å². The molecule has 0 fully saturated rings. The summed E-state index contributed by atoms with van der Waals surface area (Å²) in [5.41, 5.74) is 1.19. The average Bonchev–Trinajstić information content (AvgIpc) is 2.48. The Bertz CT molecular complexity index is 630. The van der Waals surface area contributed by atoms with Crippen LogP contribution in [-0.2, 0) is 0 Å². The molecule has 1 atom stereocenters. The molecule has 2 N–H and O–H groups in total. The van der Waals surface area contributed by atoms with Gasteiger partial charge in [-0.2, -0.15) is 0 Å². The number of hydrogen-bond acceptors (Lipinski definition) is 3. The second kappa shape index (κ2) is 6.83. The van der Waals surface area contributed by atoms with Gasteiger partial charge in [0.2, 0.25) is 0 Å². The first-order valence-corrected chi connectivity index (χ1v) is 6.87. The minimum Gasteiger partial charge on any atom is -0.370 e. The van der Waals surface area contributed by atoms with Crippen molar-refractivity contribution in [3.05, 3.63) is 59.5 Å². The molecule has 0 aliphatic heterocycles. The van der Waals surface area contributed by atoms with E-state index in [0.717, 1.165) is 5.56 Å². The summed E-state index contributed by atoms with van der Waals surface area (Å²) < 4.78 is 13.2. The molecule has 1 heterocycles. The van der Waals surface area contributed by atoms with Crippen LogP contribution in [0.2, 0.25) is 0 Å². The van der Waals surface area contributed by atoms with Crippen LogP contribution in [0.1, 0.15) is 35.8 Å². The molecular formula is C16H18FN3O. The molecule has 0 spiro atoms. The Balaban J connectivity index is 2.14. The second-order valence-corrected chi connectivity index (χ2v) is 4.68. The van der Waals surface area contributed by atoms with E-state index in [-0.39, 0.29) is 17.8 Å². The predicted octanol–water partition coefficient (Wildman–Crippen LogP) is 3.14. The van der Waals surface area contributed by atoms with Crippen molar-refractivity contribution in [2.45, 2.75) is 19.9 Å². The summed E-state index contributed by atoms with van der Waals surface area (Å²) in [6.45, 7) is 4.43. The van der Waals surface area contributed by atoms with Crippen LogP contribution in [0.25, 0.3) is 0 Å². The van der Waals surface area contributed by atoms with Crippen molar-refractivity contribution in [1.82, 2.24) is 10.3 Å².